The van der Waals surface area contributed by atoms with Crippen molar-refractivity contribution in [2.45, 2.75) is 44.8 Å². The largest absolute Gasteiger partial charge is 0.478 e. The second-order valence-electron chi connectivity index (χ2n) is 8.24. The summed E-state index contributed by atoms with van der Waals surface area (Å²) in [6.07, 6.45) is 3.99. The van der Waals surface area contributed by atoms with Gasteiger partial charge in [0.15, 0.2) is 0 Å². The highest BCUT2D eigenvalue weighted by molar-refractivity contribution is 5.87. The molecule has 2 aromatic rings. The normalized spacial score (nSPS) is 17.8. The summed E-state index contributed by atoms with van der Waals surface area (Å²) in [6.45, 7) is 3.19. The average Bonchev–Trinajstić information content (AvgIpc) is 3.58. The van der Waals surface area contributed by atoms with Crippen molar-refractivity contribution in [1.29, 1.82) is 0 Å². The van der Waals surface area contributed by atoms with Crippen LogP contribution in [-0.4, -0.2) is 45.9 Å². The molecule has 0 atom stereocenters. The van der Waals surface area contributed by atoms with Gasteiger partial charge >= 0.3 is 5.97 Å². The monoisotopic (exact) mass is 392 g/mol. The summed E-state index contributed by atoms with van der Waals surface area (Å²) in [5, 5.41) is 9.16. The van der Waals surface area contributed by atoms with Gasteiger partial charge in [-0.1, -0.05) is 42.5 Å². The molecule has 1 saturated heterocycles. The van der Waals surface area contributed by atoms with Crippen LogP contribution >= 0.6 is 0 Å². The van der Waals surface area contributed by atoms with Gasteiger partial charge in [0.25, 0.3) is 0 Å². The van der Waals surface area contributed by atoms with Crippen LogP contribution in [0.15, 0.2) is 54.6 Å². The van der Waals surface area contributed by atoms with Gasteiger partial charge in [-0.15, -0.1) is 0 Å². The van der Waals surface area contributed by atoms with Gasteiger partial charge in [0.05, 0.1) is 5.56 Å². The number of rotatable bonds is 7. The smallest absolute Gasteiger partial charge is 0.335 e. The standard InChI is InChI=1S/C24H28N2O3/c27-23(26(22-9-10-22)17-18-5-2-1-3-6-18)20-11-13-25(14-12-20)16-19-7-4-8-21(15-19)24(28)29/h1-8,15,20,22H,9-14,16-17H2,(H,28,29). The highest BCUT2D eigenvalue weighted by Crippen LogP contribution is 2.32. The Morgan fingerprint density at radius 1 is 0.931 bits per heavy atom. The summed E-state index contributed by atoms with van der Waals surface area (Å²) in [7, 11) is 0. The number of benzene rings is 2. The fourth-order valence-electron chi connectivity index (χ4n) is 4.19. The quantitative estimate of drug-likeness (QED) is 0.779. The molecule has 1 saturated carbocycles. The minimum Gasteiger partial charge on any atom is -0.478 e. The Morgan fingerprint density at radius 2 is 1.62 bits per heavy atom. The minimum absolute atomic E-state index is 0.0981. The predicted octanol–water partition coefficient (Wildman–Crippen LogP) is 3.79. The van der Waals surface area contributed by atoms with Crippen LogP contribution in [0.1, 0.15) is 47.2 Å². The third kappa shape index (κ3) is 5.04. The molecule has 2 aliphatic rings. The Kier molecular flexibility index (Phi) is 5.95. The molecule has 152 valence electrons. The Hall–Kier alpha value is -2.66. The van der Waals surface area contributed by atoms with Gasteiger partial charge in [-0.2, -0.15) is 0 Å². The van der Waals surface area contributed by atoms with E-state index in [-0.39, 0.29) is 5.92 Å². The summed E-state index contributed by atoms with van der Waals surface area (Å²) in [4.78, 5) is 28.8. The molecule has 5 heteroatoms. The summed E-state index contributed by atoms with van der Waals surface area (Å²) in [6, 6.07) is 17.8. The Labute approximate surface area is 171 Å². The number of carbonyl (C=O) groups excluding carboxylic acids is 1. The van der Waals surface area contributed by atoms with Crippen LogP contribution < -0.4 is 0 Å². The lowest BCUT2D eigenvalue weighted by Crippen LogP contribution is -2.43. The zero-order valence-corrected chi connectivity index (χ0v) is 16.7. The van der Waals surface area contributed by atoms with Crippen LogP contribution in [0.5, 0.6) is 0 Å². The Bertz CT molecular complexity index is 855. The van der Waals surface area contributed by atoms with Crippen LogP contribution in [0.25, 0.3) is 0 Å². The first-order valence-electron chi connectivity index (χ1n) is 10.5. The van der Waals surface area contributed by atoms with Gasteiger partial charge < -0.3 is 10.0 Å². The van der Waals surface area contributed by atoms with Gasteiger partial charge in [0.1, 0.15) is 0 Å². The van der Waals surface area contributed by atoms with E-state index in [1.165, 1.54) is 5.56 Å². The molecule has 4 rings (SSSR count). The number of piperidine rings is 1. The summed E-state index contributed by atoms with van der Waals surface area (Å²) < 4.78 is 0. The molecule has 29 heavy (non-hydrogen) atoms. The molecule has 0 radical (unpaired) electrons. The first-order valence-corrected chi connectivity index (χ1v) is 10.5. The molecular formula is C24H28N2O3. The molecule has 1 aliphatic heterocycles. The molecule has 1 aliphatic carbocycles. The lowest BCUT2D eigenvalue weighted by molar-refractivity contribution is -0.138. The topological polar surface area (TPSA) is 60.9 Å². The molecule has 0 spiro atoms. The van der Waals surface area contributed by atoms with Crippen molar-refractivity contribution >= 4 is 11.9 Å². The van der Waals surface area contributed by atoms with Crippen molar-refractivity contribution in [2.24, 2.45) is 5.92 Å². The van der Waals surface area contributed by atoms with Crippen LogP contribution in [-0.2, 0) is 17.9 Å². The van der Waals surface area contributed by atoms with E-state index in [0.29, 0.717) is 24.1 Å². The fraction of sp³-hybridized carbons (Fsp3) is 0.417. The zero-order valence-electron chi connectivity index (χ0n) is 16.7. The van der Waals surface area contributed by atoms with Gasteiger partial charge in [-0.3, -0.25) is 9.69 Å². The number of amides is 1. The molecule has 0 aromatic heterocycles. The van der Waals surface area contributed by atoms with Gasteiger partial charge in [0, 0.05) is 25.0 Å². The lowest BCUT2D eigenvalue weighted by atomic mass is 9.94. The molecule has 0 bridgehead atoms. The van der Waals surface area contributed by atoms with E-state index >= 15 is 0 Å². The number of aromatic carboxylic acids is 1. The number of carbonyl (C=O) groups is 2. The SMILES string of the molecule is O=C(O)c1cccc(CN2CCC(C(=O)N(Cc3ccccc3)C3CC3)CC2)c1. The Balaban J connectivity index is 1.33. The average molecular weight is 392 g/mol. The fourth-order valence-corrected chi connectivity index (χ4v) is 4.19. The van der Waals surface area contributed by atoms with E-state index in [9.17, 15) is 9.59 Å². The molecular weight excluding hydrogens is 364 g/mol. The van der Waals surface area contributed by atoms with E-state index in [1.54, 1.807) is 18.2 Å². The second kappa shape index (κ2) is 8.78. The maximum atomic E-state index is 13.2. The maximum absolute atomic E-state index is 13.2. The van der Waals surface area contributed by atoms with Gasteiger partial charge in [-0.05, 0) is 62.0 Å². The zero-order chi connectivity index (χ0) is 20.2. The molecule has 2 fully saturated rings. The summed E-state index contributed by atoms with van der Waals surface area (Å²) in [5.41, 5.74) is 2.54. The Morgan fingerprint density at radius 3 is 2.28 bits per heavy atom. The third-order valence-electron chi connectivity index (χ3n) is 5.98. The molecule has 1 N–H and O–H groups in total. The van der Waals surface area contributed by atoms with E-state index in [4.69, 9.17) is 5.11 Å². The molecule has 1 heterocycles. The molecule has 5 nitrogen and oxygen atoms in total. The lowest BCUT2D eigenvalue weighted by Gasteiger charge is -2.34. The first-order chi connectivity index (χ1) is 14.1. The van der Waals surface area contributed by atoms with E-state index < -0.39 is 5.97 Å². The number of carboxylic acid groups (broad SMARTS) is 1. The van der Waals surface area contributed by atoms with E-state index in [0.717, 1.165) is 50.9 Å². The van der Waals surface area contributed by atoms with Crippen molar-refractivity contribution in [3.63, 3.8) is 0 Å². The molecule has 2 aromatic carbocycles. The minimum atomic E-state index is -0.894. The number of likely N-dealkylation sites (tertiary alicyclic amines) is 1. The van der Waals surface area contributed by atoms with Crippen molar-refractivity contribution in [1.82, 2.24) is 9.80 Å². The van der Waals surface area contributed by atoms with Gasteiger partial charge in [0.2, 0.25) is 5.91 Å². The van der Waals surface area contributed by atoms with Crippen molar-refractivity contribution in [3.05, 3.63) is 71.3 Å². The third-order valence-corrected chi connectivity index (χ3v) is 5.98. The van der Waals surface area contributed by atoms with Crippen molar-refractivity contribution in [3.8, 4) is 0 Å². The number of nitrogens with zero attached hydrogens (tertiary/aromatic N) is 2. The number of carboxylic acids is 1. The van der Waals surface area contributed by atoms with Crippen LogP contribution in [0.2, 0.25) is 0 Å². The maximum Gasteiger partial charge on any atom is 0.335 e. The summed E-state index contributed by atoms with van der Waals surface area (Å²) in [5.74, 6) is -0.487. The van der Waals surface area contributed by atoms with E-state index in [1.807, 2.05) is 24.3 Å². The van der Waals surface area contributed by atoms with Crippen molar-refractivity contribution in [2.75, 3.05) is 13.1 Å². The first kappa shape index (κ1) is 19.6. The van der Waals surface area contributed by atoms with Crippen molar-refractivity contribution < 1.29 is 14.7 Å². The number of hydrogen-bond donors (Lipinski definition) is 1. The molecule has 1 amide bonds. The molecule has 0 unspecified atom stereocenters. The highest BCUT2D eigenvalue weighted by atomic mass is 16.4. The van der Waals surface area contributed by atoms with Crippen LogP contribution in [0, 0.1) is 5.92 Å². The van der Waals surface area contributed by atoms with Gasteiger partial charge in [-0.25, -0.2) is 4.79 Å². The summed E-state index contributed by atoms with van der Waals surface area (Å²) >= 11 is 0. The highest BCUT2D eigenvalue weighted by Gasteiger charge is 2.36. The van der Waals surface area contributed by atoms with E-state index in [2.05, 4.69) is 21.9 Å². The second-order valence-corrected chi connectivity index (χ2v) is 8.24. The predicted molar refractivity (Wildman–Crippen MR) is 111 cm³/mol. The van der Waals surface area contributed by atoms with Crippen LogP contribution in [0.3, 0.4) is 0 Å². The van der Waals surface area contributed by atoms with Crippen LogP contribution in [0.4, 0.5) is 0 Å². The number of hydrogen-bond acceptors (Lipinski definition) is 3.